The number of aromatic nitrogens is 2. The van der Waals surface area contributed by atoms with Gasteiger partial charge in [-0.25, -0.2) is 4.39 Å². The Kier molecular flexibility index (Phi) is 3.07. The second kappa shape index (κ2) is 4.37. The van der Waals surface area contributed by atoms with Crippen LogP contribution in [0.5, 0.6) is 0 Å². The molecule has 1 aromatic carbocycles. The summed E-state index contributed by atoms with van der Waals surface area (Å²) in [5, 5.41) is 4.73. The lowest BCUT2D eigenvalue weighted by molar-refractivity contribution is 0.630. The van der Waals surface area contributed by atoms with Gasteiger partial charge in [-0.1, -0.05) is 18.5 Å². The van der Waals surface area contributed by atoms with Crippen molar-refractivity contribution in [2.75, 3.05) is 5.73 Å². The van der Waals surface area contributed by atoms with Crippen LogP contribution in [0.4, 0.5) is 10.2 Å². The van der Waals surface area contributed by atoms with Crippen molar-refractivity contribution in [3.8, 4) is 11.3 Å². The molecule has 0 spiro atoms. The lowest BCUT2D eigenvalue weighted by atomic mass is 10.1. The Bertz CT molecular complexity index is 563. The fourth-order valence-electron chi connectivity index (χ4n) is 1.82. The van der Waals surface area contributed by atoms with Crippen LogP contribution in [-0.4, -0.2) is 9.78 Å². The normalized spacial score (nSPS) is 10.8. The predicted molar refractivity (Wildman–Crippen MR) is 67.4 cm³/mol. The number of benzene rings is 1. The molecular weight excluding hydrogens is 241 g/mol. The third kappa shape index (κ3) is 2.00. The van der Waals surface area contributed by atoms with Gasteiger partial charge in [0.05, 0.1) is 0 Å². The minimum absolute atomic E-state index is 0.345. The minimum atomic E-state index is -0.345. The molecule has 1 aromatic heterocycles. The van der Waals surface area contributed by atoms with Gasteiger partial charge in [0, 0.05) is 23.2 Å². The zero-order valence-electron chi connectivity index (χ0n) is 9.67. The van der Waals surface area contributed by atoms with E-state index in [1.54, 1.807) is 17.8 Å². The Morgan fingerprint density at radius 1 is 1.47 bits per heavy atom. The highest BCUT2D eigenvalue weighted by molar-refractivity contribution is 6.30. The first-order valence-electron chi connectivity index (χ1n) is 5.31. The fraction of sp³-hybridized carbons (Fsp3) is 0.250. The van der Waals surface area contributed by atoms with Gasteiger partial charge >= 0.3 is 0 Å². The highest BCUT2D eigenvalue weighted by Crippen LogP contribution is 2.30. The molecule has 0 saturated carbocycles. The van der Waals surface area contributed by atoms with E-state index in [0.29, 0.717) is 28.5 Å². The molecule has 0 saturated heterocycles. The van der Waals surface area contributed by atoms with Crippen LogP contribution >= 0.6 is 11.6 Å². The van der Waals surface area contributed by atoms with E-state index in [4.69, 9.17) is 17.3 Å². The van der Waals surface area contributed by atoms with Crippen molar-refractivity contribution in [2.24, 2.45) is 7.05 Å². The number of aryl methyl sites for hydroxylation is 1. The number of halogens is 2. The molecule has 17 heavy (non-hydrogen) atoms. The molecule has 0 bridgehead atoms. The summed E-state index contributed by atoms with van der Waals surface area (Å²) < 4.78 is 15.3. The Balaban J connectivity index is 2.68. The molecule has 3 nitrogen and oxygen atoms in total. The molecule has 0 aliphatic carbocycles. The second-order valence-corrected chi connectivity index (χ2v) is 4.25. The largest absolute Gasteiger partial charge is 0.384 e. The molecule has 2 rings (SSSR count). The Hall–Kier alpha value is -1.55. The third-order valence-corrected chi connectivity index (χ3v) is 2.97. The van der Waals surface area contributed by atoms with Crippen LogP contribution in [0.3, 0.4) is 0 Å². The van der Waals surface area contributed by atoms with E-state index in [2.05, 4.69) is 5.10 Å². The molecule has 1 heterocycles. The molecule has 0 amide bonds. The van der Waals surface area contributed by atoms with Crippen LogP contribution < -0.4 is 5.73 Å². The molecule has 2 N–H and O–H groups in total. The average Bonchev–Trinajstić information content (AvgIpc) is 2.58. The van der Waals surface area contributed by atoms with E-state index in [-0.39, 0.29) is 5.82 Å². The Labute approximate surface area is 104 Å². The third-order valence-electron chi connectivity index (χ3n) is 2.73. The topological polar surface area (TPSA) is 43.8 Å². The summed E-state index contributed by atoms with van der Waals surface area (Å²) in [5.74, 6) is 0.212. The highest BCUT2D eigenvalue weighted by Gasteiger charge is 2.17. The Morgan fingerprint density at radius 3 is 2.82 bits per heavy atom. The SMILES string of the molecule is CCc1c(-c2cc(Cl)ccc2F)nn(C)c1N. The smallest absolute Gasteiger partial charge is 0.132 e. The van der Waals surface area contributed by atoms with Gasteiger partial charge in [-0.3, -0.25) is 4.68 Å². The minimum Gasteiger partial charge on any atom is -0.384 e. The number of hydrogen-bond acceptors (Lipinski definition) is 2. The molecule has 0 fully saturated rings. The molecule has 0 atom stereocenters. The standard InChI is InChI=1S/C12H13ClFN3/c1-3-8-11(16-17(2)12(8)15)9-6-7(13)4-5-10(9)14/h4-6H,3,15H2,1-2H3. The zero-order chi connectivity index (χ0) is 12.6. The van der Waals surface area contributed by atoms with Crippen molar-refractivity contribution in [2.45, 2.75) is 13.3 Å². The number of nitrogen functional groups attached to an aromatic ring is 1. The van der Waals surface area contributed by atoms with Gasteiger partial charge in [0.1, 0.15) is 17.3 Å². The molecule has 0 unspecified atom stereocenters. The molecule has 0 radical (unpaired) electrons. The summed E-state index contributed by atoms with van der Waals surface area (Å²) in [6.07, 6.45) is 0.695. The van der Waals surface area contributed by atoms with Crippen molar-refractivity contribution in [3.05, 3.63) is 34.6 Å². The first kappa shape index (κ1) is 11.9. The fourth-order valence-corrected chi connectivity index (χ4v) is 2.00. The number of anilines is 1. The van der Waals surface area contributed by atoms with Gasteiger partial charge in [-0.2, -0.15) is 5.10 Å². The molecule has 0 aliphatic heterocycles. The van der Waals surface area contributed by atoms with E-state index >= 15 is 0 Å². The molecule has 90 valence electrons. The van der Waals surface area contributed by atoms with Crippen LogP contribution in [0.25, 0.3) is 11.3 Å². The second-order valence-electron chi connectivity index (χ2n) is 3.81. The van der Waals surface area contributed by atoms with Gasteiger partial charge in [-0.05, 0) is 24.6 Å². The van der Waals surface area contributed by atoms with Gasteiger partial charge in [-0.15, -0.1) is 0 Å². The van der Waals surface area contributed by atoms with E-state index in [1.165, 1.54) is 12.1 Å². The van der Waals surface area contributed by atoms with Crippen LogP contribution in [0, 0.1) is 5.82 Å². The maximum absolute atomic E-state index is 13.8. The summed E-state index contributed by atoms with van der Waals surface area (Å²) >= 11 is 5.88. The number of nitrogens with zero attached hydrogens (tertiary/aromatic N) is 2. The first-order valence-corrected chi connectivity index (χ1v) is 5.69. The van der Waals surface area contributed by atoms with Crippen LogP contribution in [0.1, 0.15) is 12.5 Å². The summed E-state index contributed by atoms with van der Waals surface area (Å²) in [5.41, 5.74) is 7.68. The zero-order valence-corrected chi connectivity index (χ0v) is 10.4. The highest BCUT2D eigenvalue weighted by atomic mass is 35.5. The van der Waals surface area contributed by atoms with Gasteiger partial charge < -0.3 is 5.73 Å². The van der Waals surface area contributed by atoms with Gasteiger partial charge in [0.2, 0.25) is 0 Å². The molecule has 5 heteroatoms. The van der Waals surface area contributed by atoms with Crippen molar-refractivity contribution in [3.63, 3.8) is 0 Å². The van der Waals surface area contributed by atoms with Crippen LogP contribution in [0.2, 0.25) is 5.02 Å². The summed E-state index contributed by atoms with van der Waals surface area (Å²) in [6.45, 7) is 1.96. The van der Waals surface area contributed by atoms with Crippen LogP contribution in [-0.2, 0) is 13.5 Å². The Morgan fingerprint density at radius 2 is 2.18 bits per heavy atom. The van der Waals surface area contributed by atoms with E-state index in [9.17, 15) is 4.39 Å². The van der Waals surface area contributed by atoms with Gasteiger partial charge in [0.15, 0.2) is 0 Å². The monoisotopic (exact) mass is 253 g/mol. The molecular formula is C12H13ClFN3. The lowest BCUT2D eigenvalue weighted by Gasteiger charge is -2.03. The average molecular weight is 254 g/mol. The van der Waals surface area contributed by atoms with E-state index in [1.807, 2.05) is 6.92 Å². The van der Waals surface area contributed by atoms with Crippen molar-refractivity contribution >= 4 is 17.4 Å². The first-order chi connectivity index (χ1) is 8.04. The number of rotatable bonds is 2. The van der Waals surface area contributed by atoms with Gasteiger partial charge in [0.25, 0.3) is 0 Å². The summed E-state index contributed by atoms with van der Waals surface area (Å²) in [7, 11) is 1.74. The predicted octanol–water partition coefficient (Wildman–Crippen LogP) is 3.02. The quantitative estimate of drug-likeness (QED) is 0.894. The van der Waals surface area contributed by atoms with Crippen molar-refractivity contribution in [1.29, 1.82) is 0 Å². The molecule has 0 aliphatic rings. The van der Waals surface area contributed by atoms with Crippen LogP contribution in [0.15, 0.2) is 18.2 Å². The lowest BCUT2D eigenvalue weighted by Crippen LogP contribution is -1.98. The van der Waals surface area contributed by atoms with E-state index in [0.717, 1.165) is 5.56 Å². The number of nitrogens with two attached hydrogens (primary N) is 1. The van der Waals surface area contributed by atoms with Crippen molar-refractivity contribution in [1.82, 2.24) is 9.78 Å². The maximum Gasteiger partial charge on any atom is 0.132 e. The summed E-state index contributed by atoms with van der Waals surface area (Å²) in [4.78, 5) is 0. The van der Waals surface area contributed by atoms with E-state index < -0.39 is 0 Å². The summed E-state index contributed by atoms with van der Waals surface area (Å²) in [6, 6.07) is 4.41. The van der Waals surface area contributed by atoms with Crippen molar-refractivity contribution < 1.29 is 4.39 Å². The maximum atomic E-state index is 13.8. The molecule has 2 aromatic rings. The number of hydrogen-bond donors (Lipinski definition) is 1.